The van der Waals surface area contributed by atoms with E-state index in [4.69, 9.17) is 9.98 Å². The van der Waals surface area contributed by atoms with Crippen LogP contribution in [0.25, 0.3) is 0 Å². The lowest BCUT2D eigenvalue weighted by atomic mass is 9.78. The average Bonchev–Trinajstić information content (AvgIpc) is 3.48. The predicted octanol–water partition coefficient (Wildman–Crippen LogP) is 11.7. The van der Waals surface area contributed by atoms with Gasteiger partial charge in [-0.05, 0) is 30.7 Å². The summed E-state index contributed by atoms with van der Waals surface area (Å²) in [5, 5.41) is 0. The molecule has 0 saturated heterocycles. The molecule has 1 aromatic rings. The highest BCUT2D eigenvalue weighted by Crippen LogP contribution is 2.37. The van der Waals surface area contributed by atoms with E-state index in [1.165, 1.54) is 147 Å². The van der Waals surface area contributed by atoms with E-state index in [9.17, 15) is 0 Å². The maximum Gasteiger partial charge on any atom is 0.244 e. The van der Waals surface area contributed by atoms with Gasteiger partial charge in [0.2, 0.25) is 6.17 Å². The van der Waals surface area contributed by atoms with Crippen molar-refractivity contribution in [1.29, 1.82) is 0 Å². The Labute approximate surface area is 237 Å². The van der Waals surface area contributed by atoms with Gasteiger partial charge in [-0.25, -0.2) is 0 Å². The molecule has 1 aliphatic heterocycles. The van der Waals surface area contributed by atoms with Crippen molar-refractivity contribution >= 4 is 12.4 Å². The molecule has 1 aliphatic rings. The van der Waals surface area contributed by atoms with Gasteiger partial charge in [-0.2, -0.15) is 0 Å². The van der Waals surface area contributed by atoms with E-state index >= 15 is 0 Å². The largest absolute Gasteiger partial charge is 0.244 e. The first-order valence-electron chi connectivity index (χ1n) is 16.8. The molecule has 2 atom stereocenters. The molecule has 0 spiro atoms. The summed E-state index contributed by atoms with van der Waals surface area (Å²) in [5.41, 5.74) is 1.47. The second-order valence-electron chi connectivity index (χ2n) is 11.9. The van der Waals surface area contributed by atoms with Gasteiger partial charge >= 0.3 is 0 Å². The van der Waals surface area contributed by atoms with Crippen LogP contribution in [-0.2, 0) is 6.42 Å². The van der Waals surface area contributed by atoms with Crippen LogP contribution in [-0.4, -0.2) is 12.4 Å². The molecule has 0 radical (unpaired) electrons. The highest BCUT2D eigenvalue weighted by atomic mass is 15.0. The quantitative estimate of drug-likeness (QED) is 0.0855. The molecule has 2 heteroatoms. The predicted molar refractivity (Wildman–Crippen MR) is 170 cm³/mol. The van der Waals surface area contributed by atoms with Gasteiger partial charge in [0.15, 0.2) is 12.4 Å². The third-order valence-corrected chi connectivity index (χ3v) is 8.52. The third kappa shape index (κ3) is 15.7. The molecular formula is C36H61N2+. The minimum absolute atomic E-state index is 0.498. The first-order valence-corrected chi connectivity index (χ1v) is 16.8. The van der Waals surface area contributed by atoms with Crippen molar-refractivity contribution in [2.75, 3.05) is 0 Å². The summed E-state index contributed by atoms with van der Waals surface area (Å²) in [6.07, 6.45) is 36.7. The van der Waals surface area contributed by atoms with Gasteiger partial charge in [0.25, 0.3) is 0 Å². The van der Waals surface area contributed by atoms with Crippen LogP contribution >= 0.6 is 0 Å². The maximum atomic E-state index is 4.72. The van der Waals surface area contributed by atoms with Crippen molar-refractivity contribution in [3.8, 4) is 0 Å². The van der Waals surface area contributed by atoms with E-state index in [0.29, 0.717) is 11.8 Å². The Morgan fingerprint density at radius 3 is 1.42 bits per heavy atom. The molecule has 1 heterocycles. The molecule has 0 aliphatic carbocycles. The Kier molecular flexibility index (Phi) is 20.0. The zero-order valence-electron chi connectivity index (χ0n) is 25.4. The number of nitrogens with zero attached hydrogens (tertiary/aromatic N) is 2. The third-order valence-electron chi connectivity index (χ3n) is 8.52. The van der Waals surface area contributed by atoms with Crippen molar-refractivity contribution in [3.05, 3.63) is 42.1 Å². The fourth-order valence-electron chi connectivity index (χ4n) is 6.13. The van der Waals surface area contributed by atoms with Crippen LogP contribution in [0.1, 0.15) is 161 Å². The zero-order valence-corrected chi connectivity index (χ0v) is 25.4. The molecule has 214 valence electrons. The summed E-state index contributed by atoms with van der Waals surface area (Å²) in [4.78, 5) is 9.44. The minimum Gasteiger partial charge on any atom is -0.0965 e. The highest BCUT2D eigenvalue weighted by molar-refractivity contribution is 6.18. The molecule has 0 fully saturated rings. The zero-order chi connectivity index (χ0) is 26.9. The van der Waals surface area contributed by atoms with Gasteiger partial charge in [-0.1, -0.05) is 183 Å². The van der Waals surface area contributed by atoms with E-state index in [1.54, 1.807) is 0 Å². The molecule has 0 amide bonds. The fourth-order valence-corrected chi connectivity index (χ4v) is 6.13. The lowest BCUT2D eigenvalue weighted by Crippen LogP contribution is -2.22. The molecule has 0 saturated carbocycles. The van der Waals surface area contributed by atoms with Gasteiger partial charge in [0.1, 0.15) is 0 Å². The summed E-state index contributed by atoms with van der Waals surface area (Å²) in [6.45, 7) is 4.60. The normalized spacial score (nSPS) is 14.4. The van der Waals surface area contributed by atoms with Gasteiger partial charge in [-0.15, -0.1) is 0 Å². The van der Waals surface area contributed by atoms with Crippen molar-refractivity contribution in [2.24, 2.45) is 21.8 Å². The Balaban J connectivity index is 1.70. The van der Waals surface area contributed by atoms with Crippen molar-refractivity contribution in [1.82, 2.24) is 0 Å². The fraction of sp³-hybridized carbons (Fsp3) is 0.750. The average molecular weight is 522 g/mol. The molecule has 0 N–H and O–H groups in total. The van der Waals surface area contributed by atoms with E-state index in [1.807, 2.05) is 12.4 Å². The lowest BCUT2D eigenvalue weighted by molar-refractivity contribution is 0.284. The minimum atomic E-state index is 0.498. The number of benzene rings is 1. The summed E-state index contributed by atoms with van der Waals surface area (Å²) in [5.74, 6) is 1.14. The standard InChI is InChI=1S/C36H61N2/c1-3-5-7-9-11-12-13-14-15-16-17-18-20-25-29-35(36-37-30-31-38-36)34(28-24-19-10-8-6-4-2)32-33-26-22-21-23-27-33/h21-23,26-27,30-31,34-35H,3-20,24-25,28-29,32H2,1-2H3/q+1. The second-order valence-corrected chi connectivity index (χ2v) is 11.9. The van der Waals surface area contributed by atoms with Gasteiger partial charge in [-0.3, -0.25) is 0 Å². The van der Waals surface area contributed by atoms with Crippen LogP contribution in [0.3, 0.4) is 0 Å². The summed E-state index contributed by atoms with van der Waals surface area (Å²) >= 11 is 0. The first-order chi connectivity index (χ1) is 18.8. The Hall–Kier alpha value is -1.57. The van der Waals surface area contributed by atoms with Gasteiger partial charge < -0.3 is 0 Å². The van der Waals surface area contributed by atoms with E-state index < -0.39 is 0 Å². The Morgan fingerprint density at radius 1 is 0.526 bits per heavy atom. The maximum absolute atomic E-state index is 4.72. The van der Waals surface area contributed by atoms with E-state index in [-0.39, 0.29) is 0 Å². The van der Waals surface area contributed by atoms with Crippen molar-refractivity contribution in [2.45, 2.75) is 162 Å². The van der Waals surface area contributed by atoms with Crippen LogP contribution in [0.2, 0.25) is 0 Å². The molecule has 2 nitrogen and oxygen atoms in total. The number of rotatable bonds is 26. The van der Waals surface area contributed by atoms with Crippen LogP contribution in [0.5, 0.6) is 0 Å². The summed E-state index contributed by atoms with van der Waals surface area (Å²) in [7, 11) is 0. The monoisotopic (exact) mass is 521 g/mol. The number of hydrogen-bond donors (Lipinski definition) is 0. The smallest absolute Gasteiger partial charge is 0.0965 e. The molecule has 2 rings (SSSR count). The topological polar surface area (TPSA) is 24.7 Å². The molecular weight excluding hydrogens is 460 g/mol. The number of aliphatic imine (C=N–C) groups is 2. The van der Waals surface area contributed by atoms with E-state index in [2.05, 4.69) is 44.2 Å². The SMILES string of the molecule is CCCCCCCCCCCCCCCCC([C+]1N=CC=N1)C(CCCCCCCC)Cc1ccccc1. The molecule has 0 bridgehead atoms. The molecule has 38 heavy (non-hydrogen) atoms. The molecule has 2 unspecified atom stereocenters. The Morgan fingerprint density at radius 2 is 0.947 bits per heavy atom. The number of hydrogen-bond acceptors (Lipinski definition) is 2. The van der Waals surface area contributed by atoms with Crippen molar-refractivity contribution < 1.29 is 0 Å². The van der Waals surface area contributed by atoms with Crippen molar-refractivity contribution in [3.63, 3.8) is 0 Å². The summed E-state index contributed by atoms with van der Waals surface area (Å²) in [6, 6.07) is 11.1. The van der Waals surface area contributed by atoms with Crippen LogP contribution < -0.4 is 0 Å². The number of unbranched alkanes of at least 4 members (excludes halogenated alkanes) is 18. The molecule has 1 aromatic carbocycles. The summed E-state index contributed by atoms with van der Waals surface area (Å²) < 4.78 is 0. The first kappa shape index (κ1) is 32.6. The van der Waals surface area contributed by atoms with Gasteiger partial charge in [0.05, 0.1) is 5.92 Å². The second kappa shape index (κ2) is 23.3. The van der Waals surface area contributed by atoms with Gasteiger partial charge in [0, 0.05) is 0 Å². The van der Waals surface area contributed by atoms with Crippen LogP contribution in [0, 0.1) is 18.0 Å². The van der Waals surface area contributed by atoms with Crippen LogP contribution in [0.15, 0.2) is 40.3 Å². The van der Waals surface area contributed by atoms with Crippen LogP contribution in [0.4, 0.5) is 0 Å². The Bertz CT molecular complexity index is 683. The lowest BCUT2D eigenvalue weighted by Gasteiger charge is -2.26. The van der Waals surface area contributed by atoms with E-state index in [0.717, 1.165) is 12.6 Å². The molecule has 0 aromatic heterocycles. The highest BCUT2D eigenvalue weighted by Gasteiger charge is 2.35.